The number of hydrogen-bond donors (Lipinski definition) is 2. The van der Waals surface area contributed by atoms with Crippen LogP contribution in [0.25, 0.3) is 22.3 Å². The van der Waals surface area contributed by atoms with E-state index in [1.54, 1.807) is 17.3 Å². The van der Waals surface area contributed by atoms with Gasteiger partial charge in [-0.1, -0.05) is 0 Å². The molecule has 63 heavy (non-hydrogen) atoms. The lowest BCUT2D eigenvalue weighted by Crippen LogP contribution is -2.54. The van der Waals surface area contributed by atoms with Gasteiger partial charge in [0.15, 0.2) is 11.6 Å². The van der Waals surface area contributed by atoms with Gasteiger partial charge in [-0.2, -0.15) is 0 Å². The minimum Gasteiger partial charge on any atom is -0.369 e. The number of aryl methyl sites for hydroxylation is 1. The van der Waals surface area contributed by atoms with E-state index < -0.39 is 62.4 Å². The number of rotatable bonds is 10. The average Bonchev–Trinajstić information content (AvgIpc) is 3.92. The normalized spacial score (nSPS) is 22.2. The van der Waals surface area contributed by atoms with Crippen LogP contribution in [0.4, 0.5) is 24.8 Å². The fourth-order valence-electron chi connectivity index (χ4n) is 10.0. The van der Waals surface area contributed by atoms with Gasteiger partial charge in [0, 0.05) is 56.8 Å². The SMILES string of the molecule is Cc1nc2c(F)cc(-c3nc(NC4CCN(S(=O)(=O)C5CCN(CC6CCN(c7cc8c(cc7F)C(=O)N(C7CCC(=O)NC7=O)C8=O)C6)CC5)CC4)ncc3F)cc2n1C(C)C. The van der Waals surface area contributed by atoms with Gasteiger partial charge in [0.25, 0.3) is 11.8 Å². The van der Waals surface area contributed by atoms with Crippen LogP contribution in [0.1, 0.15) is 91.4 Å². The van der Waals surface area contributed by atoms with Crippen molar-refractivity contribution < 1.29 is 40.8 Å². The zero-order chi connectivity index (χ0) is 44.5. The molecule has 4 fully saturated rings. The number of nitrogens with one attached hydrogen (secondary N) is 2. The summed E-state index contributed by atoms with van der Waals surface area (Å²) >= 11 is 0. The molecular weight excluding hydrogens is 842 g/mol. The molecule has 4 aromatic rings. The molecule has 16 nitrogen and oxygen atoms in total. The summed E-state index contributed by atoms with van der Waals surface area (Å²) < 4.78 is 77.0. The number of anilines is 2. The van der Waals surface area contributed by atoms with Crippen LogP contribution < -0.4 is 15.5 Å². The summed E-state index contributed by atoms with van der Waals surface area (Å²) in [5.41, 5.74) is 1.08. The Labute approximate surface area is 362 Å². The van der Waals surface area contributed by atoms with Crippen molar-refractivity contribution in [1.29, 1.82) is 0 Å². The molecule has 5 aliphatic rings. The second-order valence-corrected chi connectivity index (χ2v) is 19.8. The van der Waals surface area contributed by atoms with Gasteiger partial charge in [-0.05, 0) is 103 Å². The van der Waals surface area contributed by atoms with Crippen molar-refractivity contribution in [3.05, 3.63) is 64.9 Å². The minimum absolute atomic E-state index is 0.00475. The number of benzene rings is 2. The lowest BCUT2D eigenvalue weighted by molar-refractivity contribution is -0.136. The number of carbonyl (C=O) groups is 4. The number of piperidine rings is 3. The van der Waals surface area contributed by atoms with Crippen molar-refractivity contribution in [2.45, 2.75) is 89.1 Å². The van der Waals surface area contributed by atoms with E-state index in [9.17, 15) is 27.6 Å². The van der Waals surface area contributed by atoms with Crippen molar-refractivity contribution in [1.82, 2.24) is 38.9 Å². The second-order valence-electron chi connectivity index (χ2n) is 17.6. The highest BCUT2D eigenvalue weighted by molar-refractivity contribution is 7.89. The summed E-state index contributed by atoms with van der Waals surface area (Å²) in [6.07, 6.45) is 3.75. The Hall–Kier alpha value is -5.47. The zero-order valence-corrected chi connectivity index (χ0v) is 36.1. The average molecular weight is 891 g/mol. The molecule has 4 saturated heterocycles. The van der Waals surface area contributed by atoms with Crippen molar-refractivity contribution in [2.24, 2.45) is 5.92 Å². The molecular formula is C43H49F3N10O6S. The first kappa shape index (κ1) is 42.8. The Morgan fingerprint density at radius 2 is 1.56 bits per heavy atom. The van der Waals surface area contributed by atoms with Crippen molar-refractivity contribution in [3.8, 4) is 11.3 Å². The summed E-state index contributed by atoms with van der Waals surface area (Å²) in [6, 6.07) is 4.06. The maximum absolute atomic E-state index is 15.5. The molecule has 20 heteroatoms. The molecule has 334 valence electrons. The smallest absolute Gasteiger partial charge is 0.262 e. The minimum atomic E-state index is -3.58. The number of fused-ring (bicyclic) bond motifs is 2. The molecule has 2 N–H and O–H groups in total. The number of aromatic nitrogens is 4. The van der Waals surface area contributed by atoms with E-state index in [-0.39, 0.29) is 70.4 Å². The third-order valence-corrected chi connectivity index (χ3v) is 15.6. The van der Waals surface area contributed by atoms with Crippen LogP contribution in [0.15, 0.2) is 30.5 Å². The first-order chi connectivity index (χ1) is 30.1. The summed E-state index contributed by atoms with van der Waals surface area (Å²) in [6.45, 7) is 9.27. The second kappa shape index (κ2) is 16.6. The molecule has 0 spiro atoms. The van der Waals surface area contributed by atoms with Crippen molar-refractivity contribution >= 4 is 56.3 Å². The molecule has 5 aliphatic heterocycles. The van der Waals surface area contributed by atoms with E-state index in [2.05, 4.69) is 30.5 Å². The first-order valence-electron chi connectivity index (χ1n) is 21.6. The Balaban J connectivity index is 0.764. The van der Waals surface area contributed by atoms with Crippen LogP contribution in [0.2, 0.25) is 0 Å². The van der Waals surface area contributed by atoms with E-state index >= 15 is 13.2 Å². The summed E-state index contributed by atoms with van der Waals surface area (Å²) in [5.74, 6) is -3.59. The highest BCUT2D eigenvalue weighted by Gasteiger charge is 2.46. The summed E-state index contributed by atoms with van der Waals surface area (Å²) in [7, 11) is -3.58. The van der Waals surface area contributed by atoms with E-state index in [4.69, 9.17) is 0 Å². The van der Waals surface area contributed by atoms with Gasteiger partial charge >= 0.3 is 0 Å². The van der Waals surface area contributed by atoms with Crippen molar-refractivity contribution in [3.63, 3.8) is 0 Å². The summed E-state index contributed by atoms with van der Waals surface area (Å²) in [4.78, 5) is 68.4. The quantitative estimate of drug-likeness (QED) is 0.215. The molecule has 0 saturated carbocycles. The molecule has 2 atom stereocenters. The molecule has 2 aromatic carbocycles. The maximum atomic E-state index is 15.5. The number of halogens is 3. The monoisotopic (exact) mass is 890 g/mol. The van der Waals surface area contributed by atoms with Gasteiger partial charge < -0.3 is 19.7 Å². The van der Waals surface area contributed by atoms with E-state index in [0.29, 0.717) is 82.8 Å². The van der Waals surface area contributed by atoms with Crippen LogP contribution in [0.5, 0.6) is 0 Å². The largest absolute Gasteiger partial charge is 0.369 e. The molecule has 2 unspecified atom stereocenters. The number of sulfonamides is 1. The van der Waals surface area contributed by atoms with Gasteiger partial charge in [-0.3, -0.25) is 29.4 Å². The van der Waals surface area contributed by atoms with Gasteiger partial charge in [-0.15, -0.1) is 0 Å². The number of likely N-dealkylation sites (tertiary alicyclic amines) is 1. The summed E-state index contributed by atoms with van der Waals surface area (Å²) in [5, 5.41) is 4.88. The molecule has 7 heterocycles. The van der Waals surface area contributed by atoms with Crippen LogP contribution >= 0.6 is 0 Å². The topological polar surface area (TPSA) is 183 Å². The highest BCUT2D eigenvalue weighted by Crippen LogP contribution is 2.36. The fourth-order valence-corrected chi connectivity index (χ4v) is 12.0. The van der Waals surface area contributed by atoms with Gasteiger partial charge in [0.1, 0.15) is 28.9 Å². The lowest BCUT2D eigenvalue weighted by atomic mass is 10.0. The van der Waals surface area contributed by atoms with E-state index in [0.717, 1.165) is 23.6 Å². The Morgan fingerprint density at radius 3 is 2.25 bits per heavy atom. The predicted molar refractivity (Wildman–Crippen MR) is 226 cm³/mol. The molecule has 4 amide bonds. The van der Waals surface area contributed by atoms with E-state index in [1.807, 2.05) is 23.3 Å². The molecule has 0 radical (unpaired) electrons. The number of nitrogens with zero attached hydrogens (tertiary/aromatic N) is 8. The number of imidazole rings is 1. The molecule has 0 aliphatic carbocycles. The Bertz CT molecular complexity index is 2640. The van der Waals surface area contributed by atoms with Crippen LogP contribution in [0.3, 0.4) is 0 Å². The fraction of sp³-hybridized carbons (Fsp3) is 0.512. The zero-order valence-electron chi connectivity index (χ0n) is 35.2. The van der Waals surface area contributed by atoms with Gasteiger partial charge in [0.2, 0.25) is 27.8 Å². The number of hydrogen-bond acceptors (Lipinski definition) is 12. The number of imide groups is 2. The highest BCUT2D eigenvalue weighted by atomic mass is 32.2. The number of amides is 4. The van der Waals surface area contributed by atoms with Crippen LogP contribution in [0, 0.1) is 30.3 Å². The van der Waals surface area contributed by atoms with Crippen LogP contribution in [-0.4, -0.2) is 129 Å². The Kier molecular flexibility index (Phi) is 11.3. The van der Waals surface area contributed by atoms with Gasteiger partial charge in [0.05, 0.1) is 33.8 Å². The van der Waals surface area contributed by atoms with Crippen molar-refractivity contribution in [2.75, 3.05) is 56.0 Å². The van der Waals surface area contributed by atoms with E-state index in [1.165, 1.54) is 12.1 Å². The van der Waals surface area contributed by atoms with Gasteiger partial charge in [-0.25, -0.2) is 40.8 Å². The molecule has 0 bridgehead atoms. The Morgan fingerprint density at radius 1 is 0.841 bits per heavy atom. The third kappa shape index (κ3) is 7.94. The maximum Gasteiger partial charge on any atom is 0.262 e. The lowest BCUT2D eigenvalue weighted by Gasteiger charge is -2.38. The third-order valence-electron chi connectivity index (χ3n) is 13.2. The molecule has 2 aromatic heterocycles. The number of carbonyl (C=O) groups excluding carboxylic acids is 4. The van der Waals surface area contributed by atoms with Crippen LogP contribution in [-0.2, 0) is 19.6 Å². The molecule has 9 rings (SSSR count). The predicted octanol–water partition coefficient (Wildman–Crippen LogP) is 4.40. The standard InChI is InChI=1S/C43H49F3N10O6S/c1-23(2)55-24(3)48-39-32(45)16-26(17-36(39)55)38-33(46)20-47-43(51-38)49-27-7-14-54(15-8-27)63(61,62)28-9-11-52(12-10-28)21-25-6-13-53(22-25)35-19-30-29(18-31(35)44)41(59)56(42(30)60)34-4-5-37(57)50-40(34)58/h16-20,23,25,27-28,34H,4-15,21-22H2,1-3H3,(H,47,49,51)(H,50,57,58). The first-order valence-corrected chi connectivity index (χ1v) is 23.1.